The number of imidazole rings is 1. The number of aromatic carboxylic acids is 1. The summed E-state index contributed by atoms with van der Waals surface area (Å²) in [5.41, 5.74) is 3.61. The van der Waals surface area contributed by atoms with Crippen molar-refractivity contribution in [2.45, 2.75) is 6.54 Å². The predicted octanol–water partition coefficient (Wildman–Crippen LogP) is 6.28. The van der Waals surface area contributed by atoms with Gasteiger partial charge in [-0.05, 0) is 60.2 Å². The van der Waals surface area contributed by atoms with Gasteiger partial charge in [-0.25, -0.2) is 9.78 Å². The molecule has 0 fully saturated rings. The van der Waals surface area contributed by atoms with Crippen molar-refractivity contribution in [3.63, 3.8) is 0 Å². The van der Waals surface area contributed by atoms with Crippen molar-refractivity contribution < 1.29 is 14.6 Å². The molecule has 5 nitrogen and oxygen atoms in total. The number of benzene rings is 3. The highest BCUT2D eigenvalue weighted by molar-refractivity contribution is 6.36. The lowest BCUT2D eigenvalue weighted by Gasteiger charge is -2.09. The van der Waals surface area contributed by atoms with E-state index in [0.29, 0.717) is 16.6 Å². The monoisotopic (exact) mass is 452 g/mol. The molecule has 4 aromatic rings. The lowest BCUT2D eigenvalue weighted by molar-refractivity contribution is 0.0697. The fourth-order valence-electron chi connectivity index (χ4n) is 3.28. The number of aromatic nitrogens is 2. The van der Waals surface area contributed by atoms with E-state index in [4.69, 9.17) is 38.0 Å². The zero-order valence-electron chi connectivity index (χ0n) is 16.5. The SMILES string of the molecule is COc1ccc(-c2nc(-c3ccc(Cl)cc3Cl)cn2Cc2ccc(C(=O)O)cc2)cc1. The number of halogens is 2. The van der Waals surface area contributed by atoms with Crippen molar-refractivity contribution in [2.75, 3.05) is 7.11 Å². The Bertz CT molecular complexity index is 1230. The summed E-state index contributed by atoms with van der Waals surface area (Å²) in [6, 6.07) is 19.8. The predicted molar refractivity (Wildman–Crippen MR) is 122 cm³/mol. The summed E-state index contributed by atoms with van der Waals surface area (Å²) in [6.45, 7) is 0.513. The minimum absolute atomic E-state index is 0.249. The molecule has 156 valence electrons. The quantitative estimate of drug-likeness (QED) is 0.373. The van der Waals surface area contributed by atoms with E-state index in [1.54, 1.807) is 43.5 Å². The molecule has 0 aliphatic carbocycles. The second kappa shape index (κ2) is 8.84. The molecule has 0 saturated heterocycles. The molecule has 0 aliphatic rings. The Hall–Kier alpha value is -3.28. The molecule has 0 bridgehead atoms. The molecule has 3 aromatic carbocycles. The van der Waals surface area contributed by atoms with E-state index in [0.717, 1.165) is 34.0 Å². The van der Waals surface area contributed by atoms with Crippen LogP contribution in [-0.4, -0.2) is 27.7 Å². The fraction of sp³-hybridized carbons (Fsp3) is 0.0833. The average Bonchev–Trinajstić information content (AvgIpc) is 3.17. The average molecular weight is 453 g/mol. The third kappa shape index (κ3) is 4.58. The van der Waals surface area contributed by atoms with E-state index < -0.39 is 5.97 Å². The van der Waals surface area contributed by atoms with E-state index in [2.05, 4.69) is 0 Å². The number of rotatable bonds is 6. The van der Waals surface area contributed by atoms with E-state index >= 15 is 0 Å². The van der Waals surface area contributed by atoms with Gasteiger partial charge in [-0.2, -0.15) is 0 Å². The van der Waals surface area contributed by atoms with Crippen LogP contribution >= 0.6 is 23.2 Å². The summed E-state index contributed by atoms with van der Waals surface area (Å²) in [5, 5.41) is 10.2. The highest BCUT2D eigenvalue weighted by atomic mass is 35.5. The van der Waals surface area contributed by atoms with E-state index in [9.17, 15) is 4.79 Å². The van der Waals surface area contributed by atoms with Gasteiger partial charge in [-0.3, -0.25) is 0 Å². The first-order valence-electron chi connectivity index (χ1n) is 9.44. The number of ether oxygens (including phenoxy) is 1. The summed E-state index contributed by atoms with van der Waals surface area (Å²) in [7, 11) is 1.62. The van der Waals surface area contributed by atoms with Crippen LogP contribution in [0.3, 0.4) is 0 Å². The van der Waals surface area contributed by atoms with Gasteiger partial charge < -0.3 is 14.4 Å². The van der Waals surface area contributed by atoms with Crippen LogP contribution < -0.4 is 4.74 Å². The van der Waals surface area contributed by atoms with Gasteiger partial charge >= 0.3 is 5.97 Å². The molecule has 0 radical (unpaired) electrons. The van der Waals surface area contributed by atoms with E-state index in [-0.39, 0.29) is 5.56 Å². The molecular formula is C24H18Cl2N2O3. The largest absolute Gasteiger partial charge is 0.497 e. The van der Waals surface area contributed by atoms with Gasteiger partial charge in [0.05, 0.1) is 23.4 Å². The van der Waals surface area contributed by atoms with Crippen LogP contribution in [-0.2, 0) is 6.54 Å². The highest BCUT2D eigenvalue weighted by Gasteiger charge is 2.15. The first kappa shape index (κ1) is 21.0. The lowest BCUT2D eigenvalue weighted by atomic mass is 10.1. The van der Waals surface area contributed by atoms with Crippen molar-refractivity contribution in [3.05, 3.63) is 94.1 Å². The van der Waals surface area contributed by atoms with Crippen molar-refractivity contribution in [3.8, 4) is 28.4 Å². The second-order valence-electron chi connectivity index (χ2n) is 6.93. The number of methoxy groups -OCH3 is 1. The molecule has 0 amide bonds. The van der Waals surface area contributed by atoms with E-state index in [1.165, 1.54) is 0 Å². The Morgan fingerprint density at radius 3 is 2.35 bits per heavy atom. The Labute approximate surface area is 189 Å². The third-order valence-corrected chi connectivity index (χ3v) is 5.43. The zero-order chi connectivity index (χ0) is 22.0. The van der Waals surface area contributed by atoms with Crippen molar-refractivity contribution in [2.24, 2.45) is 0 Å². The third-order valence-electron chi connectivity index (χ3n) is 4.89. The maximum atomic E-state index is 11.1. The van der Waals surface area contributed by atoms with Gasteiger partial charge in [-0.15, -0.1) is 0 Å². The fourth-order valence-corrected chi connectivity index (χ4v) is 3.79. The smallest absolute Gasteiger partial charge is 0.335 e. The molecule has 1 heterocycles. The summed E-state index contributed by atoms with van der Waals surface area (Å²) in [5.74, 6) is 0.561. The molecule has 0 aliphatic heterocycles. The van der Waals surface area contributed by atoms with Crippen molar-refractivity contribution in [1.82, 2.24) is 9.55 Å². The van der Waals surface area contributed by atoms with Gasteiger partial charge in [0.15, 0.2) is 0 Å². The first-order valence-corrected chi connectivity index (χ1v) is 10.2. The minimum atomic E-state index is -0.951. The molecule has 1 N–H and O–H groups in total. The number of carbonyl (C=O) groups is 1. The van der Waals surface area contributed by atoms with E-state index in [1.807, 2.05) is 41.1 Å². The Balaban J connectivity index is 1.77. The maximum Gasteiger partial charge on any atom is 0.335 e. The van der Waals surface area contributed by atoms with Crippen LogP contribution in [0.5, 0.6) is 5.75 Å². The van der Waals surface area contributed by atoms with Crippen molar-refractivity contribution >= 4 is 29.2 Å². The highest BCUT2D eigenvalue weighted by Crippen LogP contribution is 2.32. The molecular weight excluding hydrogens is 435 g/mol. The second-order valence-corrected chi connectivity index (χ2v) is 7.78. The van der Waals surface area contributed by atoms with Crippen LogP contribution in [0.1, 0.15) is 15.9 Å². The molecule has 0 saturated carbocycles. The summed E-state index contributed by atoms with van der Waals surface area (Å²) in [4.78, 5) is 16.0. The Kier molecular flexibility index (Phi) is 5.98. The molecule has 31 heavy (non-hydrogen) atoms. The minimum Gasteiger partial charge on any atom is -0.497 e. The van der Waals surface area contributed by atoms with Gasteiger partial charge in [0.25, 0.3) is 0 Å². The number of nitrogens with zero attached hydrogens (tertiary/aromatic N) is 2. The van der Waals surface area contributed by atoms with Crippen LogP contribution in [0.4, 0.5) is 0 Å². The summed E-state index contributed by atoms with van der Waals surface area (Å²) >= 11 is 12.5. The molecule has 0 atom stereocenters. The van der Waals surface area contributed by atoms with Gasteiger partial charge in [-0.1, -0.05) is 35.3 Å². The Morgan fingerprint density at radius 2 is 1.74 bits per heavy atom. The zero-order valence-corrected chi connectivity index (χ0v) is 18.1. The van der Waals surface area contributed by atoms with Gasteiger partial charge in [0, 0.05) is 28.9 Å². The van der Waals surface area contributed by atoms with Crippen LogP contribution in [0, 0.1) is 0 Å². The maximum absolute atomic E-state index is 11.1. The molecule has 4 rings (SSSR count). The van der Waals surface area contributed by atoms with Crippen molar-refractivity contribution in [1.29, 1.82) is 0 Å². The van der Waals surface area contributed by atoms with Gasteiger partial charge in [0.2, 0.25) is 0 Å². The number of hydrogen-bond acceptors (Lipinski definition) is 3. The standard InChI is InChI=1S/C24H18Cl2N2O3/c1-31-19-9-6-16(7-10-19)23-27-22(20-11-8-18(25)12-21(20)26)14-28(23)13-15-2-4-17(5-3-15)24(29)30/h2-12,14H,13H2,1H3,(H,29,30). The Morgan fingerprint density at radius 1 is 1.03 bits per heavy atom. The number of hydrogen-bond donors (Lipinski definition) is 1. The van der Waals surface area contributed by atoms with Crippen LogP contribution in [0.15, 0.2) is 72.9 Å². The van der Waals surface area contributed by atoms with Crippen LogP contribution in [0.2, 0.25) is 10.0 Å². The normalized spacial score (nSPS) is 10.8. The van der Waals surface area contributed by atoms with Crippen LogP contribution in [0.25, 0.3) is 22.6 Å². The van der Waals surface area contributed by atoms with Gasteiger partial charge in [0.1, 0.15) is 11.6 Å². The summed E-state index contributed by atoms with van der Waals surface area (Å²) in [6.07, 6.45) is 1.93. The molecule has 7 heteroatoms. The molecule has 1 aromatic heterocycles. The molecule has 0 unspecified atom stereocenters. The first-order chi connectivity index (χ1) is 14.9. The summed E-state index contributed by atoms with van der Waals surface area (Å²) < 4.78 is 7.27. The number of carboxylic acid groups (broad SMARTS) is 1. The lowest BCUT2D eigenvalue weighted by Crippen LogP contribution is -2.02. The number of carboxylic acids is 1. The topological polar surface area (TPSA) is 64.4 Å². The molecule has 0 spiro atoms.